The monoisotopic (exact) mass is 303 g/mol. The van der Waals surface area contributed by atoms with Gasteiger partial charge in [-0.05, 0) is 19.9 Å². The molecule has 1 aromatic rings. The molecule has 2 heterocycles. The average molecular weight is 303 g/mol. The zero-order valence-corrected chi connectivity index (χ0v) is 12.4. The van der Waals surface area contributed by atoms with Crippen LogP contribution < -0.4 is 15.5 Å². The number of hydrogen-bond donors (Lipinski definition) is 2. The number of carbonyl (C=O) groups is 3. The summed E-state index contributed by atoms with van der Waals surface area (Å²) in [5.41, 5.74) is 0.404. The van der Waals surface area contributed by atoms with Gasteiger partial charge in [-0.25, -0.2) is 4.79 Å². The van der Waals surface area contributed by atoms with E-state index in [1.165, 1.54) is 4.90 Å². The van der Waals surface area contributed by atoms with Crippen LogP contribution >= 0.6 is 0 Å². The molecular weight excluding hydrogens is 286 g/mol. The van der Waals surface area contributed by atoms with Gasteiger partial charge in [-0.15, -0.1) is 0 Å². The van der Waals surface area contributed by atoms with Crippen LogP contribution in [0, 0.1) is 6.92 Å². The number of amides is 4. The average Bonchev–Trinajstić information content (AvgIpc) is 2.89. The van der Waals surface area contributed by atoms with Gasteiger partial charge >= 0.3 is 6.03 Å². The first-order valence-electron chi connectivity index (χ1n) is 7.15. The molecule has 0 bridgehead atoms. The van der Waals surface area contributed by atoms with Crippen molar-refractivity contribution in [3.8, 4) is 0 Å². The van der Waals surface area contributed by atoms with Crippen LogP contribution in [0.15, 0.2) is 18.2 Å². The molecule has 1 saturated heterocycles. The van der Waals surface area contributed by atoms with Gasteiger partial charge in [0.1, 0.15) is 0 Å². The predicted octanol–water partition coefficient (Wildman–Crippen LogP) is 0.413. The number of hydrogen-bond acceptors (Lipinski definition) is 4. The molecule has 1 spiro atoms. The molecule has 7 heteroatoms. The van der Waals surface area contributed by atoms with Crippen molar-refractivity contribution in [2.45, 2.75) is 19.4 Å². The molecule has 1 unspecified atom stereocenters. The van der Waals surface area contributed by atoms with Crippen molar-refractivity contribution in [3.05, 3.63) is 29.3 Å². The van der Waals surface area contributed by atoms with E-state index >= 15 is 0 Å². The van der Waals surface area contributed by atoms with Gasteiger partial charge in [0.05, 0.1) is 12.3 Å². The summed E-state index contributed by atoms with van der Waals surface area (Å²) in [6.45, 7) is 4.98. The van der Waals surface area contributed by atoms with E-state index in [-0.39, 0.29) is 0 Å². The van der Waals surface area contributed by atoms with Crippen LogP contribution in [0.3, 0.4) is 0 Å². The van der Waals surface area contributed by atoms with Crippen LogP contribution in [0.1, 0.15) is 18.1 Å². The molecule has 1 fully saturated rings. The Labute approximate surface area is 127 Å². The van der Waals surface area contributed by atoms with Crippen molar-refractivity contribution in [3.63, 3.8) is 0 Å². The second-order valence-electron chi connectivity index (χ2n) is 5.33. The Hall–Kier alpha value is -2.41. The zero-order valence-electron chi connectivity index (χ0n) is 12.4. The van der Waals surface area contributed by atoms with Crippen LogP contribution in [-0.4, -0.2) is 37.6 Å². The number of nitrogens with one attached hydrogen (secondary N) is 2. The molecule has 1 aromatic carbocycles. The lowest BCUT2D eigenvalue weighted by molar-refractivity contribution is -0.134. The summed E-state index contributed by atoms with van der Waals surface area (Å²) in [5, 5.41) is 4.66. The lowest BCUT2D eigenvalue weighted by Crippen LogP contribution is -2.52. The maximum absolute atomic E-state index is 12.8. The van der Waals surface area contributed by atoms with E-state index in [9.17, 15) is 14.4 Å². The number of rotatable bonds is 4. The minimum Gasteiger partial charge on any atom is -0.380 e. The second kappa shape index (κ2) is 5.10. The van der Waals surface area contributed by atoms with E-state index in [1.807, 2.05) is 19.9 Å². The Kier molecular flexibility index (Phi) is 3.37. The molecule has 2 aliphatic heterocycles. The summed E-state index contributed by atoms with van der Waals surface area (Å²) in [7, 11) is 0. The molecule has 0 aliphatic carbocycles. The molecule has 0 radical (unpaired) electrons. The minimum absolute atomic E-state index is 0.327. The highest BCUT2D eigenvalue weighted by molar-refractivity contribution is 6.27. The molecule has 7 nitrogen and oxygen atoms in total. The number of nitrogens with zero attached hydrogens (tertiary/aromatic N) is 1. The summed E-state index contributed by atoms with van der Waals surface area (Å²) in [5.74, 6) is -1.08. The molecule has 3 rings (SSSR count). The maximum Gasteiger partial charge on any atom is 0.323 e. The van der Waals surface area contributed by atoms with Crippen LogP contribution in [0.25, 0.3) is 0 Å². The molecule has 2 aliphatic rings. The highest BCUT2D eigenvalue weighted by atomic mass is 16.5. The smallest absolute Gasteiger partial charge is 0.323 e. The molecule has 4 amide bonds. The molecular formula is C15H17N3O4. The van der Waals surface area contributed by atoms with Crippen LogP contribution in [0.2, 0.25) is 0 Å². The predicted molar refractivity (Wildman–Crippen MR) is 78.4 cm³/mol. The summed E-state index contributed by atoms with van der Waals surface area (Å²) in [4.78, 5) is 38.2. The van der Waals surface area contributed by atoms with Gasteiger partial charge in [-0.3, -0.25) is 14.9 Å². The normalized spacial score (nSPS) is 23.0. The first-order valence-corrected chi connectivity index (χ1v) is 7.15. The van der Waals surface area contributed by atoms with Crippen molar-refractivity contribution >= 4 is 23.5 Å². The Bertz CT molecular complexity index is 673. The van der Waals surface area contributed by atoms with Crippen LogP contribution in [0.5, 0.6) is 0 Å². The standard InChI is InChI=1S/C15H17N3O4/c1-3-22-7-6-18-11-5-4-9(2)8-10(11)15(13(18)20)12(19)16-14(21)17-15/h4-5,8H,3,6-7H2,1-2H3,(H2,16,17,19,21). The molecule has 22 heavy (non-hydrogen) atoms. The highest BCUT2D eigenvalue weighted by Crippen LogP contribution is 2.42. The Morgan fingerprint density at radius 2 is 2.05 bits per heavy atom. The first-order chi connectivity index (χ1) is 10.5. The highest BCUT2D eigenvalue weighted by Gasteiger charge is 2.61. The third kappa shape index (κ3) is 1.89. The van der Waals surface area contributed by atoms with Crippen LogP contribution in [-0.2, 0) is 19.9 Å². The van der Waals surface area contributed by atoms with E-state index in [0.29, 0.717) is 31.0 Å². The number of ether oxygens (including phenoxy) is 1. The number of aryl methyl sites for hydroxylation is 1. The molecule has 2 N–H and O–H groups in total. The Balaban J connectivity index is 2.07. The number of imide groups is 1. The fourth-order valence-electron chi connectivity index (χ4n) is 2.93. The number of urea groups is 1. The topological polar surface area (TPSA) is 87.7 Å². The lowest BCUT2D eigenvalue weighted by Gasteiger charge is -2.21. The van der Waals surface area contributed by atoms with Gasteiger partial charge in [0.25, 0.3) is 11.8 Å². The summed E-state index contributed by atoms with van der Waals surface area (Å²) >= 11 is 0. The van der Waals surface area contributed by atoms with Gasteiger partial charge in [-0.1, -0.05) is 17.7 Å². The summed E-state index contributed by atoms with van der Waals surface area (Å²) < 4.78 is 5.30. The lowest BCUT2D eigenvalue weighted by atomic mass is 9.90. The molecule has 1 atom stereocenters. The second-order valence-corrected chi connectivity index (χ2v) is 5.33. The van der Waals surface area contributed by atoms with E-state index in [1.54, 1.807) is 12.1 Å². The van der Waals surface area contributed by atoms with E-state index in [4.69, 9.17) is 4.74 Å². The SMILES string of the molecule is CCOCCN1C(=O)C2(NC(=O)NC2=O)c2cc(C)ccc21. The number of fused-ring (bicyclic) bond motifs is 2. The maximum atomic E-state index is 12.8. The van der Waals surface area contributed by atoms with Crippen molar-refractivity contribution < 1.29 is 19.1 Å². The minimum atomic E-state index is -1.65. The van der Waals surface area contributed by atoms with Crippen molar-refractivity contribution in [1.82, 2.24) is 10.6 Å². The van der Waals surface area contributed by atoms with Gasteiger partial charge in [-0.2, -0.15) is 0 Å². The number of anilines is 1. The Morgan fingerprint density at radius 3 is 2.68 bits per heavy atom. The van der Waals surface area contributed by atoms with Crippen molar-refractivity contribution in [2.75, 3.05) is 24.7 Å². The zero-order chi connectivity index (χ0) is 15.9. The molecule has 0 saturated carbocycles. The molecule has 116 valence electrons. The van der Waals surface area contributed by atoms with Gasteiger partial charge in [0, 0.05) is 18.7 Å². The van der Waals surface area contributed by atoms with E-state index in [2.05, 4.69) is 10.6 Å². The van der Waals surface area contributed by atoms with E-state index in [0.717, 1.165) is 5.56 Å². The largest absolute Gasteiger partial charge is 0.380 e. The van der Waals surface area contributed by atoms with E-state index < -0.39 is 23.4 Å². The van der Waals surface area contributed by atoms with Gasteiger partial charge in [0.2, 0.25) is 5.54 Å². The third-order valence-electron chi connectivity index (χ3n) is 3.94. The number of carbonyl (C=O) groups excluding carboxylic acids is 3. The molecule has 0 aromatic heterocycles. The van der Waals surface area contributed by atoms with Gasteiger partial charge in [0.15, 0.2) is 0 Å². The van der Waals surface area contributed by atoms with Gasteiger partial charge < -0.3 is 15.0 Å². The Morgan fingerprint density at radius 1 is 1.27 bits per heavy atom. The summed E-state index contributed by atoms with van der Waals surface area (Å²) in [6.07, 6.45) is 0. The summed E-state index contributed by atoms with van der Waals surface area (Å²) in [6, 6.07) is 4.77. The van der Waals surface area contributed by atoms with Crippen molar-refractivity contribution in [2.24, 2.45) is 0 Å². The fourth-order valence-corrected chi connectivity index (χ4v) is 2.93. The quantitative estimate of drug-likeness (QED) is 0.479. The third-order valence-corrected chi connectivity index (χ3v) is 3.94. The van der Waals surface area contributed by atoms with Crippen molar-refractivity contribution in [1.29, 1.82) is 0 Å². The first kappa shape index (κ1) is 14.5. The van der Waals surface area contributed by atoms with Crippen LogP contribution in [0.4, 0.5) is 10.5 Å². The number of benzene rings is 1. The fraction of sp³-hybridized carbons (Fsp3) is 0.400.